The fraction of sp³-hybridized carbons (Fsp3) is 0.0800. The predicted molar refractivity (Wildman–Crippen MR) is 108 cm³/mol. The summed E-state index contributed by atoms with van der Waals surface area (Å²) in [5.74, 6) is 5.78. The Balaban J connectivity index is 1.59. The molecule has 2 nitrogen and oxygen atoms in total. The molecule has 0 aliphatic carbocycles. The van der Waals surface area contributed by atoms with E-state index < -0.39 is 0 Å². The molecular formula is C25H20O2. The van der Waals surface area contributed by atoms with Crippen molar-refractivity contribution in [1.29, 1.82) is 0 Å². The minimum atomic E-state index is -0.364. The van der Waals surface area contributed by atoms with Crippen LogP contribution in [0.25, 0.3) is 0 Å². The first-order valence-corrected chi connectivity index (χ1v) is 8.85. The van der Waals surface area contributed by atoms with Crippen molar-refractivity contribution in [3.05, 3.63) is 119 Å². The average Bonchev–Trinajstić information content (AvgIpc) is 2.73. The summed E-state index contributed by atoms with van der Waals surface area (Å²) in [6.45, 7) is 0.242. The number of hydrogen-bond acceptors (Lipinski definition) is 2. The van der Waals surface area contributed by atoms with E-state index in [1.54, 1.807) is 6.07 Å². The van der Waals surface area contributed by atoms with Crippen LogP contribution in [0, 0.1) is 11.8 Å². The van der Waals surface area contributed by atoms with Gasteiger partial charge in [-0.1, -0.05) is 84.7 Å². The molecule has 0 spiro atoms. The zero-order valence-electron chi connectivity index (χ0n) is 15.0. The van der Waals surface area contributed by atoms with E-state index in [4.69, 9.17) is 4.74 Å². The van der Waals surface area contributed by atoms with Gasteiger partial charge >= 0.3 is 5.97 Å². The summed E-state index contributed by atoms with van der Waals surface area (Å²) < 4.78 is 5.37. The summed E-state index contributed by atoms with van der Waals surface area (Å²) in [6, 6.07) is 27.1. The van der Waals surface area contributed by atoms with E-state index in [-0.39, 0.29) is 12.6 Å². The van der Waals surface area contributed by atoms with E-state index >= 15 is 0 Å². The number of hydrogen-bond donors (Lipinski definition) is 0. The van der Waals surface area contributed by atoms with Gasteiger partial charge in [-0.25, -0.2) is 4.79 Å². The number of allylic oxidation sites excluding steroid dienone is 1. The molecule has 0 fully saturated rings. The van der Waals surface area contributed by atoms with Crippen LogP contribution >= 0.6 is 0 Å². The van der Waals surface area contributed by atoms with Gasteiger partial charge in [-0.3, -0.25) is 0 Å². The average molecular weight is 352 g/mol. The monoisotopic (exact) mass is 352 g/mol. The zero-order valence-corrected chi connectivity index (χ0v) is 15.0. The molecule has 3 aromatic carbocycles. The molecule has 3 rings (SSSR count). The van der Waals surface area contributed by atoms with Crippen molar-refractivity contribution in [3.8, 4) is 11.8 Å². The summed E-state index contributed by atoms with van der Waals surface area (Å²) in [5, 5.41) is 0. The molecule has 2 heteroatoms. The van der Waals surface area contributed by atoms with Crippen molar-refractivity contribution in [2.45, 2.75) is 6.42 Å². The third-order valence-corrected chi connectivity index (χ3v) is 3.94. The molecule has 0 amide bonds. The summed E-state index contributed by atoms with van der Waals surface area (Å²) in [6.07, 6.45) is 4.68. The second kappa shape index (κ2) is 9.79. The van der Waals surface area contributed by atoms with Crippen LogP contribution in [0.4, 0.5) is 0 Å². The zero-order chi connectivity index (χ0) is 18.7. The molecule has 0 N–H and O–H groups in total. The van der Waals surface area contributed by atoms with Gasteiger partial charge in [0.1, 0.15) is 6.61 Å². The molecule has 0 radical (unpaired) electrons. The Labute approximate surface area is 160 Å². The van der Waals surface area contributed by atoms with Crippen molar-refractivity contribution in [2.75, 3.05) is 6.61 Å². The molecule has 0 aromatic heterocycles. The lowest BCUT2D eigenvalue weighted by Gasteiger charge is -2.04. The third kappa shape index (κ3) is 5.73. The van der Waals surface area contributed by atoms with Crippen LogP contribution < -0.4 is 0 Å². The maximum absolute atomic E-state index is 12.4. The molecule has 0 unspecified atom stereocenters. The summed E-state index contributed by atoms with van der Waals surface area (Å²) in [5.41, 5.74) is 3.28. The van der Waals surface area contributed by atoms with Crippen LogP contribution in [0.1, 0.15) is 27.0 Å². The number of carbonyl (C=O) groups is 1. The predicted octanol–water partition coefficient (Wildman–Crippen LogP) is 5.04. The lowest BCUT2D eigenvalue weighted by atomic mass is 10.1. The van der Waals surface area contributed by atoms with Crippen molar-refractivity contribution in [3.63, 3.8) is 0 Å². The first-order valence-electron chi connectivity index (χ1n) is 8.85. The maximum Gasteiger partial charge on any atom is 0.339 e. The lowest BCUT2D eigenvalue weighted by Crippen LogP contribution is -2.07. The van der Waals surface area contributed by atoms with Crippen LogP contribution in [0.2, 0.25) is 0 Å². The summed E-state index contributed by atoms with van der Waals surface area (Å²) in [4.78, 5) is 12.4. The number of ether oxygens (including phenoxy) is 1. The SMILES string of the molecule is O=C(OC/C=C/Cc1ccccc1)c1ccccc1C#Cc1ccccc1. The molecule has 27 heavy (non-hydrogen) atoms. The standard InChI is InChI=1S/C25H20O2/c26-25(27-20-10-9-15-21-11-3-1-4-12-21)24-17-8-7-16-23(24)19-18-22-13-5-2-6-14-22/h1-14,16-17H,15,20H2/b10-9+. The topological polar surface area (TPSA) is 26.3 Å². The van der Waals surface area contributed by atoms with E-state index in [1.165, 1.54) is 5.56 Å². The van der Waals surface area contributed by atoms with Gasteiger partial charge in [0.25, 0.3) is 0 Å². The highest BCUT2D eigenvalue weighted by atomic mass is 16.5. The first kappa shape index (κ1) is 18.2. The van der Waals surface area contributed by atoms with Gasteiger partial charge in [-0.05, 0) is 36.2 Å². The molecule has 132 valence electrons. The number of esters is 1. The van der Waals surface area contributed by atoms with E-state index in [0.717, 1.165) is 12.0 Å². The molecule has 0 saturated carbocycles. The fourth-order valence-corrected chi connectivity index (χ4v) is 2.53. The fourth-order valence-electron chi connectivity index (χ4n) is 2.53. The Bertz CT molecular complexity index is 961. The molecule has 0 bridgehead atoms. The van der Waals surface area contributed by atoms with Crippen molar-refractivity contribution in [1.82, 2.24) is 0 Å². The Morgan fingerprint density at radius 1 is 0.778 bits per heavy atom. The van der Waals surface area contributed by atoms with Crippen LogP contribution in [-0.4, -0.2) is 12.6 Å². The van der Waals surface area contributed by atoms with Gasteiger partial charge in [0.15, 0.2) is 0 Å². The Hall–Kier alpha value is -3.57. The minimum absolute atomic E-state index is 0.242. The molecular weight excluding hydrogens is 332 g/mol. The van der Waals surface area contributed by atoms with E-state index in [2.05, 4.69) is 24.0 Å². The molecule has 3 aromatic rings. The Morgan fingerprint density at radius 3 is 2.22 bits per heavy atom. The molecule has 0 atom stereocenters. The largest absolute Gasteiger partial charge is 0.458 e. The Kier molecular flexibility index (Phi) is 6.61. The van der Waals surface area contributed by atoms with Gasteiger partial charge in [0, 0.05) is 11.1 Å². The molecule has 0 aliphatic rings. The highest BCUT2D eigenvalue weighted by molar-refractivity contribution is 5.92. The molecule has 0 aliphatic heterocycles. The van der Waals surface area contributed by atoms with Crippen molar-refractivity contribution in [2.24, 2.45) is 0 Å². The van der Waals surface area contributed by atoms with Crippen molar-refractivity contribution < 1.29 is 9.53 Å². The van der Waals surface area contributed by atoms with Crippen LogP contribution in [0.5, 0.6) is 0 Å². The second-order valence-corrected chi connectivity index (χ2v) is 5.92. The van der Waals surface area contributed by atoms with Crippen molar-refractivity contribution >= 4 is 5.97 Å². The minimum Gasteiger partial charge on any atom is -0.458 e. The van der Waals surface area contributed by atoms with Gasteiger partial charge < -0.3 is 4.74 Å². The lowest BCUT2D eigenvalue weighted by molar-refractivity contribution is 0.0549. The Morgan fingerprint density at radius 2 is 1.44 bits per heavy atom. The van der Waals surface area contributed by atoms with Crippen LogP contribution in [0.15, 0.2) is 97.1 Å². The number of carbonyl (C=O) groups excluding carboxylic acids is 1. The number of rotatable bonds is 5. The highest BCUT2D eigenvalue weighted by Crippen LogP contribution is 2.10. The number of benzene rings is 3. The molecule has 0 heterocycles. The van der Waals surface area contributed by atoms with Gasteiger partial charge in [-0.15, -0.1) is 0 Å². The summed E-state index contributed by atoms with van der Waals surface area (Å²) >= 11 is 0. The second-order valence-electron chi connectivity index (χ2n) is 5.92. The normalized spacial score (nSPS) is 10.2. The van der Waals surface area contributed by atoms with E-state index in [0.29, 0.717) is 11.1 Å². The first-order chi connectivity index (χ1) is 13.3. The third-order valence-electron chi connectivity index (χ3n) is 3.94. The molecule has 0 saturated heterocycles. The maximum atomic E-state index is 12.4. The van der Waals surface area contributed by atoms with E-state index in [1.807, 2.05) is 78.9 Å². The summed E-state index contributed by atoms with van der Waals surface area (Å²) in [7, 11) is 0. The quantitative estimate of drug-likeness (QED) is 0.365. The van der Waals surface area contributed by atoms with Gasteiger partial charge in [0.2, 0.25) is 0 Å². The van der Waals surface area contributed by atoms with Gasteiger partial charge in [-0.2, -0.15) is 0 Å². The van der Waals surface area contributed by atoms with Gasteiger partial charge in [0.05, 0.1) is 5.56 Å². The highest BCUT2D eigenvalue weighted by Gasteiger charge is 2.10. The van der Waals surface area contributed by atoms with E-state index in [9.17, 15) is 4.79 Å². The smallest absolute Gasteiger partial charge is 0.339 e. The van der Waals surface area contributed by atoms with Crippen LogP contribution in [-0.2, 0) is 11.2 Å². The van der Waals surface area contributed by atoms with Crippen LogP contribution in [0.3, 0.4) is 0 Å².